The van der Waals surface area contributed by atoms with Gasteiger partial charge in [0.25, 0.3) is 0 Å². The van der Waals surface area contributed by atoms with Crippen LogP contribution >= 0.6 is 11.6 Å². The number of benzene rings is 3. The number of carboxylic acids is 1. The van der Waals surface area contributed by atoms with Crippen molar-refractivity contribution >= 4 is 23.3 Å². The second-order valence-corrected chi connectivity index (χ2v) is 16.7. The lowest BCUT2D eigenvalue weighted by Gasteiger charge is -2.47. The van der Waals surface area contributed by atoms with E-state index in [1.807, 2.05) is 42.6 Å². The standard InChI is InChI=1S/C46H56ClN3O4/c1-32(31-54-42-18-24-49-41-15-8-10-33(2)43(41)42)26-36-27-35-16-17-39(53-25-7-6-23-48-30-34-11-4-3-5-12-34)29-40(35)45(36)19-21-46(22-20-45,44(51)52)50-38-14-9-13-37(47)28-38/h3-5,9,11-14,16-18,24,28-29,32-33,36,48,50H,6-8,10,15,19-23,25-27,30-31H2,1-2H3,(H,51,52)/t32-,33-,36+,45?,46?/m1/s1. The summed E-state index contributed by atoms with van der Waals surface area (Å²) in [7, 11) is 0. The van der Waals surface area contributed by atoms with Gasteiger partial charge in [0.05, 0.1) is 13.2 Å². The van der Waals surface area contributed by atoms with E-state index in [9.17, 15) is 9.90 Å². The number of ether oxygens (including phenoxy) is 2. The highest BCUT2D eigenvalue weighted by molar-refractivity contribution is 6.30. The quantitative estimate of drug-likeness (QED) is 0.0983. The second-order valence-electron chi connectivity index (χ2n) is 16.2. The largest absolute Gasteiger partial charge is 0.494 e. The number of pyridine rings is 1. The number of aromatic nitrogens is 1. The van der Waals surface area contributed by atoms with Crippen molar-refractivity contribution in [3.05, 3.63) is 118 Å². The van der Waals surface area contributed by atoms with E-state index in [0.29, 0.717) is 48.8 Å². The molecule has 3 N–H and O–H groups in total. The molecule has 3 aromatic carbocycles. The topological polar surface area (TPSA) is 92.7 Å². The van der Waals surface area contributed by atoms with E-state index < -0.39 is 11.5 Å². The minimum absolute atomic E-state index is 0.135. The van der Waals surface area contributed by atoms with Crippen LogP contribution in [0.15, 0.2) is 85.1 Å². The lowest BCUT2D eigenvalue weighted by Crippen LogP contribution is -2.53. The van der Waals surface area contributed by atoms with Crippen molar-refractivity contribution in [2.24, 2.45) is 11.8 Å². The molecule has 1 heterocycles. The maximum absolute atomic E-state index is 13.0. The molecule has 54 heavy (non-hydrogen) atoms. The van der Waals surface area contributed by atoms with Crippen LogP contribution in [0.5, 0.6) is 11.5 Å². The third kappa shape index (κ3) is 8.58. The smallest absolute Gasteiger partial charge is 0.329 e. The maximum atomic E-state index is 13.0. The van der Waals surface area contributed by atoms with Crippen LogP contribution in [0, 0.1) is 11.8 Å². The van der Waals surface area contributed by atoms with E-state index >= 15 is 0 Å². The van der Waals surface area contributed by atoms with Gasteiger partial charge < -0.3 is 25.2 Å². The zero-order valence-corrected chi connectivity index (χ0v) is 32.7. The van der Waals surface area contributed by atoms with Gasteiger partial charge in [-0.3, -0.25) is 4.98 Å². The van der Waals surface area contributed by atoms with Gasteiger partial charge in [0, 0.05) is 34.7 Å². The van der Waals surface area contributed by atoms with Crippen LogP contribution in [-0.4, -0.2) is 41.4 Å². The summed E-state index contributed by atoms with van der Waals surface area (Å²) in [5.41, 5.74) is 6.05. The number of nitrogens with zero attached hydrogens (tertiary/aromatic N) is 1. The number of halogens is 1. The third-order valence-corrected chi connectivity index (χ3v) is 12.7. The molecule has 1 fully saturated rings. The highest BCUT2D eigenvalue weighted by atomic mass is 35.5. The molecule has 8 heteroatoms. The summed E-state index contributed by atoms with van der Waals surface area (Å²) < 4.78 is 13.0. The summed E-state index contributed by atoms with van der Waals surface area (Å²) >= 11 is 6.31. The minimum Gasteiger partial charge on any atom is -0.494 e. The van der Waals surface area contributed by atoms with Crippen molar-refractivity contribution in [3.63, 3.8) is 0 Å². The Morgan fingerprint density at radius 1 is 1.00 bits per heavy atom. The molecule has 0 amide bonds. The van der Waals surface area contributed by atoms with Crippen LogP contribution in [0.1, 0.15) is 106 Å². The Bertz CT molecular complexity index is 1880. The van der Waals surface area contributed by atoms with Crippen molar-refractivity contribution in [2.45, 2.75) is 108 Å². The van der Waals surface area contributed by atoms with E-state index in [2.05, 4.69) is 71.9 Å². The highest BCUT2D eigenvalue weighted by Crippen LogP contribution is 2.57. The van der Waals surface area contributed by atoms with E-state index in [1.54, 1.807) is 0 Å². The molecule has 4 aromatic rings. The number of carbonyl (C=O) groups is 1. The molecular weight excluding hydrogens is 694 g/mol. The first-order valence-electron chi connectivity index (χ1n) is 20.1. The number of carboxylic acid groups (broad SMARTS) is 1. The van der Waals surface area contributed by atoms with Crippen molar-refractivity contribution in [1.29, 1.82) is 0 Å². The van der Waals surface area contributed by atoms with Gasteiger partial charge in [-0.1, -0.05) is 67.9 Å². The van der Waals surface area contributed by atoms with Crippen molar-refractivity contribution in [1.82, 2.24) is 10.3 Å². The van der Waals surface area contributed by atoms with Crippen LogP contribution in [-0.2, 0) is 29.6 Å². The van der Waals surface area contributed by atoms with Gasteiger partial charge in [0.2, 0.25) is 0 Å². The lowest BCUT2D eigenvalue weighted by atomic mass is 9.59. The number of rotatable bonds is 16. The van der Waals surface area contributed by atoms with Gasteiger partial charge in [-0.15, -0.1) is 0 Å². The molecule has 3 aliphatic rings. The Labute approximate surface area is 326 Å². The summed E-state index contributed by atoms with van der Waals surface area (Å²) in [4.78, 5) is 17.7. The van der Waals surface area contributed by atoms with Crippen LogP contribution in [0.3, 0.4) is 0 Å². The predicted octanol–water partition coefficient (Wildman–Crippen LogP) is 10.1. The molecule has 7 nitrogen and oxygen atoms in total. The number of hydrogen-bond acceptors (Lipinski definition) is 6. The molecule has 0 aliphatic heterocycles. The first-order valence-corrected chi connectivity index (χ1v) is 20.5. The zero-order valence-electron chi connectivity index (χ0n) is 31.9. The molecule has 286 valence electrons. The van der Waals surface area contributed by atoms with Gasteiger partial charge in [0.1, 0.15) is 17.0 Å². The van der Waals surface area contributed by atoms with Crippen molar-refractivity contribution in [3.8, 4) is 11.5 Å². The van der Waals surface area contributed by atoms with Crippen LogP contribution < -0.4 is 20.1 Å². The summed E-state index contributed by atoms with van der Waals surface area (Å²) in [6.07, 6.45) is 11.9. The third-order valence-electron chi connectivity index (χ3n) is 12.5. The Balaban J connectivity index is 1.04. The fraction of sp³-hybridized carbons (Fsp3) is 0.478. The first kappa shape index (κ1) is 38.2. The predicted molar refractivity (Wildman–Crippen MR) is 217 cm³/mol. The highest BCUT2D eigenvalue weighted by Gasteiger charge is 2.54. The summed E-state index contributed by atoms with van der Waals surface area (Å²) in [5.74, 6) is 2.26. The van der Waals surface area contributed by atoms with Crippen molar-refractivity contribution in [2.75, 3.05) is 25.1 Å². The van der Waals surface area contributed by atoms with Gasteiger partial charge in [-0.25, -0.2) is 4.79 Å². The van der Waals surface area contributed by atoms with Crippen LogP contribution in [0.25, 0.3) is 0 Å². The number of unbranched alkanes of at least 4 members (excludes halogenated alkanes) is 1. The van der Waals surface area contributed by atoms with E-state index in [1.165, 1.54) is 40.8 Å². The number of hydrogen-bond donors (Lipinski definition) is 3. The summed E-state index contributed by atoms with van der Waals surface area (Å²) in [6.45, 7) is 7.74. The van der Waals surface area contributed by atoms with E-state index in [4.69, 9.17) is 21.1 Å². The minimum atomic E-state index is -1.06. The fourth-order valence-corrected chi connectivity index (χ4v) is 9.73. The molecule has 0 radical (unpaired) electrons. The van der Waals surface area contributed by atoms with Gasteiger partial charge in [-0.2, -0.15) is 0 Å². The molecule has 0 bridgehead atoms. The van der Waals surface area contributed by atoms with E-state index in [0.717, 1.165) is 75.2 Å². The fourth-order valence-electron chi connectivity index (χ4n) is 9.54. The Morgan fingerprint density at radius 2 is 1.83 bits per heavy atom. The number of anilines is 1. The Morgan fingerprint density at radius 3 is 2.63 bits per heavy atom. The molecule has 7 rings (SSSR count). The van der Waals surface area contributed by atoms with Crippen molar-refractivity contribution < 1.29 is 19.4 Å². The molecule has 0 unspecified atom stereocenters. The average Bonchev–Trinajstić information content (AvgIpc) is 3.46. The molecule has 1 saturated carbocycles. The normalized spacial score (nSPS) is 23.7. The lowest BCUT2D eigenvalue weighted by molar-refractivity contribution is -0.144. The monoisotopic (exact) mass is 749 g/mol. The molecule has 3 atom stereocenters. The first-order chi connectivity index (χ1) is 26.2. The van der Waals surface area contributed by atoms with E-state index in [-0.39, 0.29) is 5.41 Å². The molecule has 0 saturated heterocycles. The zero-order chi connectivity index (χ0) is 37.5. The summed E-state index contributed by atoms with van der Waals surface area (Å²) in [5, 5.41) is 18.2. The molecular formula is C46H56ClN3O4. The Hall–Kier alpha value is -4.07. The average molecular weight is 750 g/mol. The second kappa shape index (κ2) is 17.2. The molecule has 1 spiro atoms. The number of aryl methyl sites for hydroxylation is 1. The number of fused-ring (bicyclic) bond motifs is 3. The maximum Gasteiger partial charge on any atom is 0.329 e. The van der Waals surface area contributed by atoms with Gasteiger partial charge in [-0.05, 0) is 153 Å². The van der Waals surface area contributed by atoms with Gasteiger partial charge in [0.15, 0.2) is 0 Å². The Kier molecular flexibility index (Phi) is 12.1. The SMILES string of the molecule is C[C@@H](COc1ccnc2c1[C@H](C)CCC2)C[C@H]1Cc2ccc(OCCCCNCc3ccccc3)cc2C12CCC(Nc1cccc(Cl)c1)(C(=O)O)CC2. The summed E-state index contributed by atoms with van der Waals surface area (Å²) in [6, 6.07) is 26.6. The number of nitrogens with one attached hydrogen (secondary N) is 2. The van der Waals surface area contributed by atoms with Crippen LogP contribution in [0.2, 0.25) is 5.02 Å². The van der Waals surface area contributed by atoms with Gasteiger partial charge >= 0.3 is 5.97 Å². The number of aliphatic carboxylic acids is 1. The molecule has 3 aliphatic carbocycles. The molecule has 1 aromatic heterocycles. The van der Waals surface area contributed by atoms with Crippen LogP contribution in [0.4, 0.5) is 5.69 Å².